The lowest BCUT2D eigenvalue weighted by atomic mass is 10.2. The number of carbonyl (C=O) groups excluding carboxylic acids is 2. The molecule has 9 heteroatoms. The Morgan fingerprint density at radius 2 is 1.61 bits per heavy atom. The summed E-state index contributed by atoms with van der Waals surface area (Å²) in [7, 11) is -3.71. The fourth-order valence-corrected chi connectivity index (χ4v) is 3.26. The van der Waals surface area contributed by atoms with E-state index in [1.54, 1.807) is 12.1 Å². The summed E-state index contributed by atoms with van der Waals surface area (Å²) in [5.74, 6) is -0.000531. The van der Waals surface area contributed by atoms with E-state index in [1.165, 1.54) is 31.2 Å². The highest BCUT2D eigenvalue weighted by Crippen LogP contribution is 2.14. The largest absolute Gasteiger partial charge is 0.484 e. The van der Waals surface area contributed by atoms with E-state index >= 15 is 0 Å². The van der Waals surface area contributed by atoms with Crippen molar-refractivity contribution in [3.05, 3.63) is 54.1 Å². The van der Waals surface area contributed by atoms with Crippen molar-refractivity contribution in [2.45, 2.75) is 18.7 Å². The molecule has 2 aromatic rings. The molecule has 0 aliphatic carbocycles. The fourth-order valence-electron chi connectivity index (χ4n) is 2.23. The Morgan fingerprint density at radius 3 is 2.21 bits per heavy atom. The lowest BCUT2D eigenvalue weighted by Gasteiger charge is -2.10. The Morgan fingerprint density at radius 1 is 0.964 bits per heavy atom. The van der Waals surface area contributed by atoms with Crippen LogP contribution in [0.5, 0.6) is 5.75 Å². The molecule has 3 N–H and O–H groups in total. The molecule has 0 unspecified atom stereocenters. The normalized spacial score (nSPS) is 10.9. The van der Waals surface area contributed by atoms with Crippen LogP contribution < -0.4 is 20.1 Å². The number of ether oxygens (including phenoxy) is 1. The minimum absolute atomic E-state index is 0.0338. The van der Waals surface area contributed by atoms with Gasteiger partial charge in [-0.2, -0.15) is 0 Å². The monoisotopic (exact) mass is 405 g/mol. The molecule has 0 spiro atoms. The van der Waals surface area contributed by atoms with Gasteiger partial charge in [0.05, 0.1) is 4.90 Å². The molecule has 150 valence electrons. The number of aryl methyl sites for hydroxylation is 1. The van der Waals surface area contributed by atoms with E-state index in [-0.39, 0.29) is 36.4 Å². The molecule has 0 aliphatic rings. The van der Waals surface area contributed by atoms with Crippen molar-refractivity contribution in [3.8, 4) is 5.75 Å². The molecular formula is C19H23N3O5S. The van der Waals surface area contributed by atoms with Gasteiger partial charge in [-0.25, -0.2) is 13.1 Å². The number of hydrogen-bond donors (Lipinski definition) is 3. The van der Waals surface area contributed by atoms with Gasteiger partial charge in [0.2, 0.25) is 15.9 Å². The van der Waals surface area contributed by atoms with E-state index in [1.807, 2.05) is 19.1 Å². The maximum Gasteiger partial charge on any atom is 0.257 e. The second-order valence-electron chi connectivity index (χ2n) is 6.06. The lowest BCUT2D eigenvalue weighted by Crippen LogP contribution is -2.36. The summed E-state index contributed by atoms with van der Waals surface area (Å²) in [6.45, 7) is 3.33. The molecule has 0 atom stereocenters. The molecule has 0 bridgehead atoms. The Labute approximate surface area is 164 Å². The van der Waals surface area contributed by atoms with E-state index in [9.17, 15) is 18.0 Å². The summed E-state index contributed by atoms with van der Waals surface area (Å²) < 4.78 is 32.2. The number of nitrogens with one attached hydrogen (secondary N) is 3. The third kappa shape index (κ3) is 7.01. The quantitative estimate of drug-likeness (QED) is 0.546. The van der Waals surface area contributed by atoms with Crippen molar-refractivity contribution < 1.29 is 22.7 Å². The molecule has 0 aliphatic heterocycles. The average molecular weight is 405 g/mol. The number of rotatable bonds is 9. The van der Waals surface area contributed by atoms with Gasteiger partial charge in [0.25, 0.3) is 5.91 Å². The Balaban J connectivity index is 1.73. The van der Waals surface area contributed by atoms with Crippen molar-refractivity contribution in [2.24, 2.45) is 0 Å². The molecular weight excluding hydrogens is 382 g/mol. The van der Waals surface area contributed by atoms with E-state index in [0.29, 0.717) is 11.4 Å². The van der Waals surface area contributed by atoms with Crippen LogP contribution in [0.1, 0.15) is 12.5 Å². The zero-order chi connectivity index (χ0) is 20.6. The van der Waals surface area contributed by atoms with Crippen molar-refractivity contribution >= 4 is 27.5 Å². The summed E-state index contributed by atoms with van der Waals surface area (Å²) in [5.41, 5.74) is 1.60. The molecule has 2 aromatic carbocycles. The third-order valence-electron chi connectivity index (χ3n) is 3.62. The number of hydrogen-bond acceptors (Lipinski definition) is 5. The van der Waals surface area contributed by atoms with Gasteiger partial charge in [0.1, 0.15) is 5.75 Å². The molecule has 0 saturated heterocycles. The first kappa shape index (κ1) is 21.4. The van der Waals surface area contributed by atoms with Gasteiger partial charge in [-0.3, -0.25) is 9.59 Å². The predicted molar refractivity (Wildman–Crippen MR) is 106 cm³/mol. The van der Waals surface area contributed by atoms with Crippen molar-refractivity contribution in [3.63, 3.8) is 0 Å². The SMILES string of the molecule is CC(=O)Nc1ccc(S(=O)(=O)NCCNC(=O)COc2ccc(C)cc2)cc1. The Kier molecular flexibility index (Phi) is 7.53. The summed E-state index contributed by atoms with van der Waals surface area (Å²) >= 11 is 0. The van der Waals surface area contributed by atoms with Crippen LogP contribution in [-0.4, -0.2) is 39.9 Å². The molecule has 0 saturated carbocycles. The maximum atomic E-state index is 12.2. The number of carbonyl (C=O) groups is 2. The summed E-state index contributed by atoms with van der Waals surface area (Å²) in [6.07, 6.45) is 0. The van der Waals surface area contributed by atoms with Crippen LogP contribution in [-0.2, 0) is 19.6 Å². The van der Waals surface area contributed by atoms with Gasteiger partial charge in [-0.05, 0) is 43.3 Å². The molecule has 28 heavy (non-hydrogen) atoms. The van der Waals surface area contributed by atoms with Crippen LogP contribution in [0.4, 0.5) is 5.69 Å². The van der Waals surface area contributed by atoms with Crippen LogP contribution >= 0.6 is 0 Å². The molecule has 2 amide bonds. The smallest absolute Gasteiger partial charge is 0.257 e. The molecule has 2 rings (SSSR count). The van der Waals surface area contributed by atoms with E-state index < -0.39 is 10.0 Å². The van der Waals surface area contributed by atoms with Crippen LogP contribution in [0.15, 0.2) is 53.4 Å². The van der Waals surface area contributed by atoms with Crippen molar-refractivity contribution in [1.29, 1.82) is 0 Å². The Bertz CT molecular complexity index is 910. The minimum Gasteiger partial charge on any atom is -0.484 e. The zero-order valence-corrected chi connectivity index (χ0v) is 16.5. The van der Waals surface area contributed by atoms with E-state index in [2.05, 4.69) is 15.4 Å². The summed E-state index contributed by atoms with van der Waals surface area (Å²) in [4.78, 5) is 22.8. The van der Waals surface area contributed by atoms with Crippen molar-refractivity contribution in [2.75, 3.05) is 25.0 Å². The van der Waals surface area contributed by atoms with Crippen LogP contribution in [0.2, 0.25) is 0 Å². The van der Waals surface area contributed by atoms with Crippen LogP contribution in [0, 0.1) is 6.92 Å². The van der Waals surface area contributed by atoms with Gasteiger partial charge in [-0.1, -0.05) is 17.7 Å². The van der Waals surface area contributed by atoms with Gasteiger partial charge in [0, 0.05) is 25.7 Å². The zero-order valence-electron chi connectivity index (χ0n) is 15.7. The van der Waals surface area contributed by atoms with E-state index in [0.717, 1.165) is 5.56 Å². The van der Waals surface area contributed by atoms with Gasteiger partial charge in [0.15, 0.2) is 6.61 Å². The first-order chi connectivity index (χ1) is 13.3. The van der Waals surface area contributed by atoms with Gasteiger partial charge < -0.3 is 15.4 Å². The molecule has 0 fully saturated rings. The number of anilines is 1. The van der Waals surface area contributed by atoms with Gasteiger partial charge in [-0.15, -0.1) is 0 Å². The van der Waals surface area contributed by atoms with E-state index in [4.69, 9.17) is 4.74 Å². The highest BCUT2D eigenvalue weighted by molar-refractivity contribution is 7.89. The molecule has 0 radical (unpaired) electrons. The first-order valence-corrected chi connectivity index (χ1v) is 10.1. The highest BCUT2D eigenvalue weighted by atomic mass is 32.2. The molecule has 8 nitrogen and oxygen atoms in total. The van der Waals surface area contributed by atoms with Crippen LogP contribution in [0.25, 0.3) is 0 Å². The summed E-state index contributed by atoms with van der Waals surface area (Å²) in [5, 5.41) is 5.14. The third-order valence-corrected chi connectivity index (χ3v) is 5.09. The fraction of sp³-hybridized carbons (Fsp3) is 0.263. The lowest BCUT2D eigenvalue weighted by molar-refractivity contribution is -0.123. The highest BCUT2D eigenvalue weighted by Gasteiger charge is 2.13. The Hall–Kier alpha value is -2.91. The molecule has 0 heterocycles. The van der Waals surface area contributed by atoms with Crippen LogP contribution in [0.3, 0.4) is 0 Å². The number of amides is 2. The first-order valence-electron chi connectivity index (χ1n) is 8.60. The standard InChI is InChI=1S/C19H23N3O5S/c1-14-3-7-17(8-4-14)27-13-19(24)20-11-12-21-28(25,26)18-9-5-16(6-10-18)22-15(2)23/h3-10,21H,11-13H2,1-2H3,(H,20,24)(H,22,23). The topological polar surface area (TPSA) is 114 Å². The number of sulfonamides is 1. The van der Waals surface area contributed by atoms with Crippen molar-refractivity contribution in [1.82, 2.24) is 10.0 Å². The van der Waals surface area contributed by atoms with Gasteiger partial charge >= 0.3 is 0 Å². The maximum absolute atomic E-state index is 12.2. The predicted octanol–water partition coefficient (Wildman–Crippen LogP) is 1.43. The number of benzene rings is 2. The molecule has 0 aromatic heterocycles. The second kappa shape index (κ2) is 9.86. The average Bonchev–Trinajstić information content (AvgIpc) is 2.65. The summed E-state index contributed by atoms with van der Waals surface area (Å²) in [6, 6.07) is 13.1. The minimum atomic E-state index is -3.71. The second-order valence-corrected chi connectivity index (χ2v) is 7.82.